The van der Waals surface area contributed by atoms with Gasteiger partial charge in [-0.2, -0.15) is 4.72 Å². The maximum absolute atomic E-state index is 13.1. The van der Waals surface area contributed by atoms with Crippen LogP contribution in [0.5, 0.6) is 0 Å². The zero-order chi connectivity index (χ0) is 19.2. The fraction of sp³-hybridized carbons (Fsp3) is 0.176. The van der Waals surface area contributed by atoms with Crippen LogP contribution in [0.25, 0.3) is 0 Å². The Bertz CT molecular complexity index is 915. The van der Waals surface area contributed by atoms with Gasteiger partial charge in [0.05, 0.1) is 4.90 Å². The summed E-state index contributed by atoms with van der Waals surface area (Å²) in [7, 11) is -4.06. The Morgan fingerprint density at radius 3 is 2.54 bits per heavy atom. The van der Waals surface area contributed by atoms with Crippen molar-refractivity contribution in [3.63, 3.8) is 0 Å². The molecule has 2 rings (SSSR count). The number of hydrogen-bond donors (Lipinski definition) is 2. The van der Waals surface area contributed by atoms with Crippen molar-refractivity contribution in [3.8, 4) is 0 Å². The van der Waals surface area contributed by atoms with E-state index in [1.165, 1.54) is 12.1 Å². The van der Waals surface area contributed by atoms with Crippen LogP contribution in [0, 0.1) is 12.7 Å². The molecule has 0 aliphatic carbocycles. The van der Waals surface area contributed by atoms with Crippen LogP contribution in [0.2, 0.25) is 0 Å². The number of esters is 1. The quantitative estimate of drug-likeness (QED) is 0.711. The van der Waals surface area contributed by atoms with Crippen LogP contribution in [0.4, 0.5) is 10.1 Å². The van der Waals surface area contributed by atoms with Crippen LogP contribution in [0.15, 0.2) is 53.4 Å². The second-order valence-electron chi connectivity index (χ2n) is 5.36. The SMILES string of the molecule is Cc1cccc(NC(=O)COC(=O)CNS(=O)(=O)c2cccc(F)c2)c1. The highest BCUT2D eigenvalue weighted by Crippen LogP contribution is 2.10. The van der Waals surface area contributed by atoms with Gasteiger partial charge in [0.15, 0.2) is 6.61 Å². The van der Waals surface area contributed by atoms with Crippen molar-refractivity contribution >= 4 is 27.6 Å². The number of sulfonamides is 1. The van der Waals surface area contributed by atoms with Crippen LogP contribution in [-0.2, 0) is 24.3 Å². The Labute approximate surface area is 150 Å². The highest BCUT2D eigenvalue weighted by Gasteiger charge is 2.17. The molecule has 2 aromatic rings. The molecule has 0 unspecified atom stereocenters. The van der Waals surface area contributed by atoms with Gasteiger partial charge in [0.1, 0.15) is 12.4 Å². The molecule has 1 amide bonds. The molecular formula is C17H17FN2O5S. The van der Waals surface area contributed by atoms with Crippen molar-refractivity contribution in [2.45, 2.75) is 11.8 Å². The molecule has 7 nitrogen and oxygen atoms in total. The summed E-state index contributed by atoms with van der Waals surface area (Å²) >= 11 is 0. The summed E-state index contributed by atoms with van der Waals surface area (Å²) in [6.45, 7) is 0.617. The third-order valence-electron chi connectivity index (χ3n) is 3.18. The summed E-state index contributed by atoms with van der Waals surface area (Å²) in [5, 5.41) is 2.55. The van der Waals surface area contributed by atoms with Gasteiger partial charge in [-0.25, -0.2) is 12.8 Å². The molecule has 0 spiro atoms. The first-order valence-corrected chi connectivity index (χ1v) is 9.02. The van der Waals surface area contributed by atoms with E-state index in [1.54, 1.807) is 18.2 Å². The normalized spacial score (nSPS) is 11.0. The summed E-state index contributed by atoms with van der Waals surface area (Å²) < 4.78 is 43.6. The number of rotatable bonds is 7. The lowest BCUT2D eigenvalue weighted by Gasteiger charge is -2.08. The molecule has 9 heteroatoms. The number of halogens is 1. The monoisotopic (exact) mass is 380 g/mol. The molecule has 0 bridgehead atoms. The minimum atomic E-state index is -4.06. The summed E-state index contributed by atoms with van der Waals surface area (Å²) in [6.07, 6.45) is 0. The predicted octanol–water partition coefficient (Wildman–Crippen LogP) is 1.59. The van der Waals surface area contributed by atoms with Gasteiger partial charge in [-0.3, -0.25) is 9.59 Å². The topological polar surface area (TPSA) is 102 Å². The Morgan fingerprint density at radius 2 is 1.85 bits per heavy atom. The zero-order valence-electron chi connectivity index (χ0n) is 13.9. The molecule has 138 valence electrons. The number of carbonyl (C=O) groups excluding carboxylic acids is 2. The number of nitrogens with one attached hydrogen (secondary N) is 2. The largest absolute Gasteiger partial charge is 0.455 e. The smallest absolute Gasteiger partial charge is 0.321 e. The lowest BCUT2D eigenvalue weighted by atomic mass is 10.2. The number of carbonyl (C=O) groups is 2. The van der Waals surface area contributed by atoms with Gasteiger partial charge in [-0.1, -0.05) is 18.2 Å². The second kappa shape index (κ2) is 8.54. The van der Waals surface area contributed by atoms with E-state index in [0.717, 1.165) is 17.7 Å². The molecule has 0 radical (unpaired) electrons. The number of aryl methyl sites for hydroxylation is 1. The molecule has 0 saturated carbocycles. The Morgan fingerprint density at radius 1 is 1.12 bits per heavy atom. The van der Waals surface area contributed by atoms with Crippen LogP contribution in [0.1, 0.15) is 5.56 Å². The lowest BCUT2D eigenvalue weighted by molar-refractivity contribution is -0.146. The van der Waals surface area contributed by atoms with E-state index in [2.05, 4.69) is 5.32 Å². The average molecular weight is 380 g/mol. The van der Waals surface area contributed by atoms with Gasteiger partial charge in [0.25, 0.3) is 5.91 Å². The van der Waals surface area contributed by atoms with Gasteiger partial charge < -0.3 is 10.1 Å². The third-order valence-corrected chi connectivity index (χ3v) is 4.58. The minimum Gasteiger partial charge on any atom is -0.455 e. The first kappa shape index (κ1) is 19.5. The van der Waals surface area contributed by atoms with Crippen molar-refractivity contribution in [1.29, 1.82) is 0 Å². The molecule has 0 fully saturated rings. The number of benzene rings is 2. The van der Waals surface area contributed by atoms with E-state index in [0.29, 0.717) is 5.69 Å². The van der Waals surface area contributed by atoms with Crippen molar-refractivity contribution in [1.82, 2.24) is 4.72 Å². The lowest BCUT2D eigenvalue weighted by Crippen LogP contribution is -2.32. The highest BCUT2D eigenvalue weighted by atomic mass is 32.2. The van der Waals surface area contributed by atoms with Crippen molar-refractivity contribution in [2.75, 3.05) is 18.5 Å². The van der Waals surface area contributed by atoms with Gasteiger partial charge in [0.2, 0.25) is 10.0 Å². The molecular weight excluding hydrogens is 363 g/mol. The molecule has 0 aliphatic heterocycles. The van der Waals surface area contributed by atoms with E-state index < -0.39 is 40.9 Å². The molecule has 2 aromatic carbocycles. The molecule has 0 aromatic heterocycles. The summed E-state index contributed by atoms with van der Waals surface area (Å²) in [5.74, 6) is -2.22. The number of ether oxygens (including phenoxy) is 1. The van der Waals surface area contributed by atoms with Crippen LogP contribution in [-0.4, -0.2) is 33.4 Å². The number of hydrogen-bond acceptors (Lipinski definition) is 5. The third kappa shape index (κ3) is 5.94. The van der Waals surface area contributed by atoms with Crippen molar-refractivity contribution in [2.24, 2.45) is 0 Å². The minimum absolute atomic E-state index is 0.317. The maximum atomic E-state index is 13.1. The standard InChI is InChI=1S/C17H17FN2O5S/c1-12-4-2-6-14(8-12)20-16(21)11-25-17(22)10-19-26(23,24)15-7-3-5-13(18)9-15/h2-9,19H,10-11H2,1H3,(H,20,21). The van der Waals surface area contributed by atoms with Gasteiger partial charge in [-0.05, 0) is 42.8 Å². The van der Waals surface area contributed by atoms with Crippen LogP contribution < -0.4 is 10.0 Å². The second-order valence-corrected chi connectivity index (χ2v) is 7.13. The molecule has 26 heavy (non-hydrogen) atoms. The van der Waals surface area contributed by atoms with Crippen LogP contribution >= 0.6 is 0 Å². The van der Waals surface area contributed by atoms with E-state index >= 15 is 0 Å². The molecule has 0 saturated heterocycles. The first-order chi connectivity index (χ1) is 12.3. The van der Waals surface area contributed by atoms with Gasteiger partial charge in [0, 0.05) is 5.69 Å². The Hall–Kier alpha value is -2.78. The van der Waals surface area contributed by atoms with E-state index in [4.69, 9.17) is 4.74 Å². The Kier molecular flexibility index (Phi) is 6.42. The van der Waals surface area contributed by atoms with Crippen LogP contribution in [0.3, 0.4) is 0 Å². The predicted molar refractivity (Wildman–Crippen MR) is 92.4 cm³/mol. The van der Waals surface area contributed by atoms with Crippen molar-refractivity contribution in [3.05, 3.63) is 59.9 Å². The van der Waals surface area contributed by atoms with E-state index in [9.17, 15) is 22.4 Å². The average Bonchev–Trinajstić information content (AvgIpc) is 2.58. The summed E-state index contributed by atoms with van der Waals surface area (Å²) in [4.78, 5) is 23.0. The van der Waals surface area contributed by atoms with E-state index in [-0.39, 0.29) is 4.90 Å². The summed E-state index contributed by atoms with van der Waals surface area (Å²) in [5.41, 5.74) is 1.50. The molecule has 2 N–H and O–H groups in total. The van der Waals surface area contributed by atoms with Gasteiger partial charge in [-0.15, -0.1) is 0 Å². The summed E-state index contributed by atoms with van der Waals surface area (Å²) in [6, 6.07) is 11.4. The fourth-order valence-electron chi connectivity index (χ4n) is 1.99. The fourth-order valence-corrected chi connectivity index (χ4v) is 2.99. The molecule has 0 aliphatic rings. The zero-order valence-corrected chi connectivity index (χ0v) is 14.7. The molecule has 0 heterocycles. The van der Waals surface area contributed by atoms with E-state index in [1.807, 2.05) is 17.7 Å². The first-order valence-electron chi connectivity index (χ1n) is 7.54. The Balaban J connectivity index is 1.80. The number of amides is 1. The number of anilines is 1. The maximum Gasteiger partial charge on any atom is 0.321 e. The highest BCUT2D eigenvalue weighted by molar-refractivity contribution is 7.89. The van der Waals surface area contributed by atoms with Crippen molar-refractivity contribution < 1.29 is 27.1 Å². The molecule has 0 atom stereocenters. The van der Waals surface area contributed by atoms with Gasteiger partial charge >= 0.3 is 5.97 Å².